The summed E-state index contributed by atoms with van der Waals surface area (Å²) in [5, 5.41) is 0. The average molecular weight is 356 g/mol. The van der Waals surface area contributed by atoms with Crippen LogP contribution in [0.15, 0.2) is 36.4 Å². The summed E-state index contributed by atoms with van der Waals surface area (Å²) in [6, 6.07) is 11.0. The van der Waals surface area contributed by atoms with E-state index in [1.807, 2.05) is 30.3 Å². The Kier molecular flexibility index (Phi) is 5.78. The summed E-state index contributed by atoms with van der Waals surface area (Å²) in [6.07, 6.45) is 2.81. The van der Waals surface area contributed by atoms with Gasteiger partial charge < -0.3 is 20.1 Å². The largest absolute Gasteiger partial charge is 0.497 e. The number of methoxy groups -OCH3 is 1. The molecule has 2 aromatic carbocycles. The van der Waals surface area contributed by atoms with Gasteiger partial charge in [-0.25, -0.2) is 4.39 Å². The van der Waals surface area contributed by atoms with Crippen LogP contribution in [0.5, 0.6) is 11.5 Å². The first-order chi connectivity index (χ1) is 12.7. The molecule has 2 aromatic rings. The van der Waals surface area contributed by atoms with Crippen LogP contribution in [0, 0.1) is 5.82 Å². The fourth-order valence-electron chi connectivity index (χ4n) is 3.19. The van der Waals surface area contributed by atoms with E-state index < -0.39 is 0 Å². The lowest BCUT2D eigenvalue weighted by Gasteiger charge is -2.33. The topological polar surface area (TPSA) is 47.7 Å². The lowest BCUT2D eigenvalue weighted by atomic mass is 9.96. The molecule has 0 unspecified atom stereocenters. The Morgan fingerprint density at radius 3 is 2.58 bits per heavy atom. The lowest BCUT2D eigenvalue weighted by molar-refractivity contribution is 0.317. The number of rotatable bonds is 7. The number of nitrogens with two attached hydrogens (primary N) is 1. The molecule has 0 atom stereocenters. The van der Waals surface area contributed by atoms with Crippen LogP contribution >= 0.6 is 0 Å². The summed E-state index contributed by atoms with van der Waals surface area (Å²) in [5.74, 6) is 1.25. The van der Waals surface area contributed by atoms with Gasteiger partial charge in [-0.05, 0) is 47.9 Å². The number of hydrogen-bond donors (Lipinski definition) is 1. The van der Waals surface area contributed by atoms with Gasteiger partial charge in [-0.15, -0.1) is 0 Å². The van der Waals surface area contributed by atoms with Gasteiger partial charge in [0.1, 0.15) is 17.3 Å². The first-order valence-electron chi connectivity index (χ1n) is 8.93. The molecule has 2 N–H and O–H groups in total. The Morgan fingerprint density at radius 1 is 1.15 bits per heavy atom. The second kappa shape index (κ2) is 8.23. The van der Waals surface area contributed by atoms with Crippen molar-refractivity contribution in [3.8, 4) is 11.5 Å². The predicted molar refractivity (Wildman–Crippen MR) is 104 cm³/mol. The highest BCUT2D eigenvalue weighted by atomic mass is 19.1. The normalized spacial score (nSPS) is 13.2. The Labute approximate surface area is 154 Å². The average Bonchev–Trinajstić information content (AvgIpc) is 2.68. The number of halogens is 1. The van der Waals surface area contributed by atoms with E-state index in [1.165, 1.54) is 6.07 Å². The van der Waals surface area contributed by atoms with Crippen molar-refractivity contribution in [1.29, 1.82) is 0 Å². The molecule has 0 aliphatic carbocycles. The zero-order valence-electron chi connectivity index (χ0n) is 15.3. The smallest absolute Gasteiger partial charge is 0.143 e. The number of fused-ring (bicyclic) bond motifs is 1. The molecule has 26 heavy (non-hydrogen) atoms. The molecular formula is C21H25FN2O2. The minimum Gasteiger partial charge on any atom is -0.497 e. The molecule has 0 aromatic heterocycles. The fourth-order valence-corrected chi connectivity index (χ4v) is 3.19. The van der Waals surface area contributed by atoms with Crippen molar-refractivity contribution in [2.75, 3.05) is 38.3 Å². The Morgan fingerprint density at radius 2 is 1.92 bits per heavy atom. The van der Waals surface area contributed by atoms with Crippen LogP contribution in [0.3, 0.4) is 0 Å². The summed E-state index contributed by atoms with van der Waals surface area (Å²) in [5.41, 5.74) is 9.25. The molecule has 1 aliphatic rings. The summed E-state index contributed by atoms with van der Waals surface area (Å²) in [4.78, 5) is 2.10. The summed E-state index contributed by atoms with van der Waals surface area (Å²) < 4.78 is 25.7. The molecule has 0 bridgehead atoms. The van der Waals surface area contributed by atoms with Gasteiger partial charge >= 0.3 is 0 Å². The molecule has 5 heteroatoms. The maximum absolute atomic E-state index is 14.6. The molecule has 138 valence electrons. The maximum atomic E-state index is 14.6. The number of hydrogen-bond acceptors (Lipinski definition) is 4. The molecule has 0 fully saturated rings. The van der Waals surface area contributed by atoms with Gasteiger partial charge in [0.15, 0.2) is 0 Å². The van der Waals surface area contributed by atoms with Crippen molar-refractivity contribution in [2.24, 2.45) is 5.73 Å². The van der Waals surface area contributed by atoms with Crippen LogP contribution < -0.4 is 20.1 Å². The third-order valence-corrected chi connectivity index (χ3v) is 4.44. The van der Waals surface area contributed by atoms with Crippen LogP contribution in [0.1, 0.15) is 24.5 Å². The van der Waals surface area contributed by atoms with E-state index in [4.69, 9.17) is 15.2 Å². The van der Waals surface area contributed by atoms with Gasteiger partial charge in [-0.1, -0.05) is 19.1 Å². The molecule has 0 amide bonds. The third-order valence-electron chi connectivity index (χ3n) is 4.44. The molecule has 1 heterocycles. The molecule has 1 aliphatic heterocycles. The fraction of sp³-hybridized carbons (Fsp3) is 0.333. The standard InChI is InChI=1S/C21H25FN2O2/c1-3-12-26-20-9-8-19(22)18-13-16(14-24(11-10-23)21(18)20)15-4-6-17(25-2)7-5-15/h4-9,13H,3,10-12,14,23H2,1-2H3. The van der Waals surface area contributed by atoms with Crippen molar-refractivity contribution in [2.45, 2.75) is 13.3 Å². The SMILES string of the molecule is CCCOc1ccc(F)c2c1N(CCN)CC(c1ccc(OC)cc1)=C2. The molecule has 4 nitrogen and oxygen atoms in total. The maximum Gasteiger partial charge on any atom is 0.143 e. The zero-order valence-corrected chi connectivity index (χ0v) is 15.3. The van der Waals surface area contributed by atoms with E-state index in [-0.39, 0.29) is 5.82 Å². The minimum absolute atomic E-state index is 0.253. The number of benzene rings is 2. The molecular weight excluding hydrogens is 331 g/mol. The molecule has 0 spiro atoms. The second-order valence-corrected chi connectivity index (χ2v) is 6.26. The van der Waals surface area contributed by atoms with Crippen molar-refractivity contribution >= 4 is 17.3 Å². The van der Waals surface area contributed by atoms with Gasteiger partial charge in [-0.3, -0.25) is 0 Å². The van der Waals surface area contributed by atoms with Gasteiger partial charge in [0.05, 0.1) is 19.4 Å². The summed E-state index contributed by atoms with van der Waals surface area (Å²) >= 11 is 0. The number of nitrogens with zero attached hydrogens (tertiary/aromatic N) is 1. The van der Waals surface area contributed by atoms with Gasteiger partial charge in [-0.2, -0.15) is 0 Å². The Bertz CT molecular complexity index is 787. The minimum atomic E-state index is -0.253. The summed E-state index contributed by atoms with van der Waals surface area (Å²) in [6.45, 7) is 4.42. The van der Waals surface area contributed by atoms with E-state index in [1.54, 1.807) is 13.2 Å². The van der Waals surface area contributed by atoms with Crippen LogP contribution in [0.4, 0.5) is 10.1 Å². The highest BCUT2D eigenvalue weighted by molar-refractivity contribution is 5.93. The molecule has 0 saturated carbocycles. The predicted octanol–water partition coefficient (Wildman–Crippen LogP) is 3.94. The van der Waals surface area contributed by atoms with Gasteiger partial charge in [0.25, 0.3) is 0 Å². The van der Waals surface area contributed by atoms with Crippen LogP contribution in [0.25, 0.3) is 11.6 Å². The van der Waals surface area contributed by atoms with Gasteiger partial charge in [0.2, 0.25) is 0 Å². The van der Waals surface area contributed by atoms with E-state index in [2.05, 4.69) is 11.8 Å². The molecule has 0 radical (unpaired) electrons. The second-order valence-electron chi connectivity index (χ2n) is 6.26. The highest BCUT2D eigenvalue weighted by Crippen LogP contribution is 2.41. The quantitative estimate of drug-likeness (QED) is 0.816. The Hall–Kier alpha value is -2.53. The molecule has 3 rings (SSSR count). The van der Waals surface area contributed by atoms with Crippen LogP contribution in [-0.4, -0.2) is 33.4 Å². The third kappa shape index (κ3) is 3.68. The van der Waals surface area contributed by atoms with Crippen LogP contribution in [-0.2, 0) is 0 Å². The van der Waals surface area contributed by atoms with Crippen molar-refractivity contribution in [3.63, 3.8) is 0 Å². The first kappa shape index (κ1) is 18.3. The van der Waals surface area contributed by atoms with E-state index in [0.29, 0.717) is 37.6 Å². The lowest BCUT2D eigenvalue weighted by Crippen LogP contribution is -2.34. The van der Waals surface area contributed by atoms with Crippen molar-refractivity contribution in [3.05, 3.63) is 53.3 Å². The van der Waals surface area contributed by atoms with E-state index in [9.17, 15) is 4.39 Å². The van der Waals surface area contributed by atoms with E-state index in [0.717, 1.165) is 29.0 Å². The van der Waals surface area contributed by atoms with Crippen molar-refractivity contribution < 1.29 is 13.9 Å². The monoisotopic (exact) mass is 356 g/mol. The Balaban J connectivity index is 2.05. The van der Waals surface area contributed by atoms with E-state index >= 15 is 0 Å². The number of ether oxygens (including phenoxy) is 2. The highest BCUT2D eigenvalue weighted by Gasteiger charge is 2.25. The van der Waals surface area contributed by atoms with Crippen molar-refractivity contribution in [1.82, 2.24) is 0 Å². The zero-order chi connectivity index (χ0) is 18.5. The van der Waals surface area contributed by atoms with Crippen LogP contribution in [0.2, 0.25) is 0 Å². The first-order valence-corrected chi connectivity index (χ1v) is 8.93. The number of anilines is 1. The summed E-state index contributed by atoms with van der Waals surface area (Å²) in [7, 11) is 1.64. The molecule has 0 saturated heterocycles. The van der Waals surface area contributed by atoms with Gasteiger partial charge in [0, 0.05) is 25.2 Å².